The van der Waals surface area contributed by atoms with Crippen molar-refractivity contribution in [2.24, 2.45) is 0 Å². The minimum absolute atomic E-state index is 0.0432. The number of nitrogen functional groups attached to an aromatic ring is 1. The molecule has 1 aromatic carbocycles. The Balaban J connectivity index is 1.97. The molecule has 0 aliphatic carbocycles. The van der Waals surface area contributed by atoms with E-state index in [0.29, 0.717) is 11.5 Å². The standard InChI is InChI=1S/C14H11N3O2S/c15-10-2-3-11(14(18)19)17-13(10)16-9-1-4-12-8(7-9)5-6-20-12/h1-7H,15H2,(H,16,17)(H,18,19). The maximum absolute atomic E-state index is 10.9. The highest BCUT2D eigenvalue weighted by Gasteiger charge is 2.09. The lowest BCUT2D eigenvalue weighted by Crippen LogP contribution is -2.05. The maximum atomic E-state index is 10.9. The molecule has 0 radical (unpaired) electrons. The van der Waals surface area contributed by atoms with E-state index in [-0.39, 0.29) is 5.69 Å². The second-order valence-corrected chi connectivity index (χ2v) is 5.19. The molecule has 0 unspecified atom stereocenters. The number of nitrogens with two attached hydrogens (primary N) is 1. The zero-order chi connectivity index (χ0) is 14.1. The number of anilines is 3. The zero-order valence-corrected chi connectivity index (χ0v) is 11.1. The van der Waals surface area contributed by atoms with E-state index >= 15 is 0 Å². The summed E-state index contributed by atoms with van der Waals surface area (Å²) in [6.45, 7) is 0. The topological polar surface area (TPSA) is 88.2 Å². The number of carboxylic acid groups (broad SMARTS) is 1. The largest absolute Gasteiger partial charge is 0.477 e. The highest BCUT2D eigenvalue weighted by Crippen LogP contribution is 2.27. The second-order valence-electron chi connectivity index (χ2n) is 4.24. The van der Waals surface area contributed by atoms with Crippen LogP contribution in [-0.4, -0.2) is 16.1 Å². The number of rotatable bonds is 3. The van der Waals surface area contributed by atoms with E-state index in [2.05, 4.69) is 10.3 Å². The molecular weight excluding hydrogens is 274 g/mol. The molecule has 0 atom stereocenters. The number of fused-ring (bicyclic) bond motifs is 1. The molecular formula is C14H11N3O2S. The molecule has 0 aliphatic rings. The Bertz CT molecular complexity index is 798. The average Bonchev–Trinajstić information content (AvgIpc) is 2.88. The molecule has 5 nitrogen and oxygen atoms in total. The van der Waals surface area contributed by atoms with E-state index in [1.165, 1.54) is 16.8 Å². The average molecular weight is 285 g/mol. The molecule has 0 fully saturated rings. The van der Waals surface area contributed by atoms with Crippen LogP contribution in [0.5, 0.6) is 0 Å². The van der Waals surface area contributed by atoms with Crippen LogP contribution in [0.15, 0.2) is 41.8 Å². The van der Waals surface area contributed by atoms with Crippen LogP contribution in [0.1, 0.15) is 10.5 Å². The molecule has 20 heavy (non-hydrogen) atoms. The second kappa shape index (κ2) is 4.82. The van der Waals surface area contributed by atoms with Gasteiger partial charge in [0.15, 0.2) is 11.5 Å². The zero-order valence-electron chi connectivity index (χ0n) is 10.3. The molecule has 6 heteroatoms. The summed E-state index contributed by atoms with van der Waals surface area (Å²) in [5.74, 6) is -0.735. The summed E-state index contributed by atoms with van der Waals surface area (Å²) < 4.78 is 1.19. The van der Waals surface area contributed by atoms with Gasteiger partial charge < -0.3 is 16.2 Å². The lowest BCUT2D eigenvalue weighted by Gasteiger charge is -2.09. The predicted molar refractivity (Wildman–Crippen MR) is 80.7 cm³/mol. The van der Waals surface area contributed by atoms with Gasteiger partial charge in [0.05, 0.1) is 5.69 Å². The van der Waals surface area contributed by atoms with Gasteiger partial charge in [0.2, 0.25) is 0 Å². The fourth-order valence-corrected chi connectivity index (χ4v) is 2.64. The Hall–Kier alpha value is -2.60. The number of aromatic carboxylic acids is 1. The van der Waals surface area contributed by atoms with Crippen molar-refractivity contribution < 1.29 is 9.90 Å². The van der Waals surface area contributed by atoms with E-state index in [4.69, 9.17) is 10.8 Å². The number of hydrogen-bond donors (Lipinski definition) is 3. The van der Waals surface area contributed by atoms with Crippen LogP contribution in [0.3, 0.4) is 0 Å². The van der Waals surface area contributed by atoms with E-state index in [9.17, 15) is 4.79 Å². The van der Waals surface area contributed by atoms with Gasteiger partial charge in [0.1, 0.15) is 0 Å². The van der Waals surface area contributed by atoms with Crippen LogP contribution in [0.25, 0.3) is 10.1 Å². The van der Waals surface area contributed by atoms with Gasteiger partial charge >= 0.3 is 5.97 Å². The Morgan fingerprint density at radius 3 is 2.90 bits per heavy atom. The van der Waals surface area contributed by atoms with Crippen molar-refractivity contribution in [1.29, 1.82) is 0 Å². The van der Waals surface area contributed by atoms with E-state index in [1.54, 1.807) is 11.3 Å². The first-order chi connectivity index (χ1) is 9.63. The minimum Gasteiger partial charge on any atom is -0.477 e. The number of nitrogens with zero attached hydrogens (tertiary/aromatic N) is 1. The van der Waals surface area contributed by atoms with Crippen LogP contribution in [-0.2, 0) is 0 Å². The van der Waals surface area contributed by atoms with Crippen molar-refractivity contribution in [1.82, 2.24) is 4.98 Å². The van der Waals surface area contributed by atoms with Gasteiger partial charge in [0, 0.05) is 10.4 Å². The summed E-state index contributed by atoms with van der Waals surface area (Å²) in [7, 11) is 0. The molecule has 4 N–H and O–H groups in total. The first-order valence-electron chi connectivity index (χ1n) is 5.87. The van der Waals surface area contributed by atoms with Crippen molar-refractivity contribution in [3.05, 3.63) is 47.5 Å². The van der Waals surface area contributed by atoms with Gasteiger partial charge in [-0.15, -0.1) is 11.3 Å². The molecule has 3 rings (SSSR count). The quantitative estimate of drug-likeness (QED) is 0.687. The summed E-state index contributed by atoms with van der Waals surface area (Å²) in [6.07, 6.45) is 0. The third-order valence-corrected chi connectivity index (χ3v) is 3.76. The fourth-order valence-electron chi connectivity index (χ4n) is 1.87. The highest BCUT2D eigenvalue weighted by atomic mass is 32.1. The SMILES string of the molecule is Nc1ccc(C(=O)O)nc1Nc1ccc2sccc2c1. The van der Waals surface area contributed by atoms with Crippen LogP contribution in [0.4, 0.5) is 17.2 Å². The summed E-state index contributed by atoms with van der Waals surface area (Å²) in [5.41, 5.74) is 6.99. The fraction of sp³-hybridized carbons (Fsp3) is 0. The molecule has 3 aromatic rings. The van der Waals surface area contributed by atoms with Gasteiger partial charge in [-0.25, -0.2) is 9.78 Å². The monoisotopic (exact) mass is 285 g/mol. The van der Waals surface area contributed by atoms with Gasteiger partial charge in [-0.05, 0) is 47.2 Å². The van der Waals surface area contributed by atoms with E-state index in [0.717, 1.165) is 11.1 Å². The van der Waals surface area contributed by atoms with Crippen LogP contribution >= 0.6 is 11.3 Å². The van der Waals surface area contributed by atoms with Crippen molar-refractivity contribution in [2.45, 2.75) is 0 Å². The maximum Gasteiger partial charge on any atom is 0.354 e. The van der Waals surface area contributed by atoms with Gasteiger partial charge in [-0.2, -0.15) is 0 Å². The molecule has 2 aromatic heterocycles. The number of pyridine rings is 1. The number of hydrogen-bond acceptors (Lipinski definition) is 5. The summed E-state index contributed by atoms with van der Waals surface area (Å²) >= 11 is 1.67. The van der Waals surface area contributed by atoms with Gasteiger partial charge in [0.25, 0.3) is 0 Å². The molecule has 0 aliphatic heterocycles. The van der Waals surface area contributed by atoms with E-state index < -0.39 is 5.97 Å². The van der Waals surface area contributed by atoms with Crippen molar-refractivity contribution in [2.75, 3.05) is 11.1 Å². The lowest BCUT2D eigenvalue weighted by atomic mass is 10.2. The number of thiophene rings is 1. The lowest BCUT2D eigenvalue weighted by molar-refractivity contribution is 0.0690. The third kappa shape index (κ3) is 2.28. The minimum atomic E-state index is -1.08. The molecule has 0 bridgehead atoms. The molecule has 0 amide bonds. The number of carbonyl (C=O) groups is 1. The third-order valence-electron chi connectivity index (χ3n) is 2.86. The summed E-state index contributed by atoms with van der Waals surface area (Å²) in [6, 6.07) is 10.8. The summed E-state index contributed by atoms with van der Waals surface area (Å²) in [5, 5.41) is 15.1. The first-order valence-corrected chi connectivity index (χ1v) is 6.75. The van der Waals surface area contributed by atoms with Crippen molar-refractivity contribution >= 4 is 44.6 Å². The molecule has 0 saturated carbocycles. The van der Waals surface area contributed by atoms with Crippen molar-refractivity contribution in [3.63, 3.8) is 0 Å². The highest BCUT2D eigenvalue weighted by molar-refractivity contribution is 7.17. The normalized spacial score (nSPS) is 10.6. The number of nitrogens with one attached hydrogen (secondary N) is 1. The Labute approximate surface area is 118 Å². The molecule has 0 saturated heterocycles. The number of aromatic nitrogens is 1. The Kier molecular flexibility index (Phi) is 3.00. The van der Waals surface area contributed by atoms with Crippen molar-refractivity contribution in [3.8, 4) is 0 Å². The van der Waals surface area contributed by atoms with Crippen LogP contribution < -0.4 is 11.1 Å². The number of carboxylic acids is 1. The Morgan fingerprint density at radius 1 is 1.25 bits per heavy atom. The first kappa shape index (κ1) is 12.4. The Morgan fingerprint density at radius 2 is 2.10 bits per heavy atom. The molecule has 2 heterocycles. The smallest absolute Gasteiger partial charge is 0.354 e. The molecule has 0 spiro atoms. The van der Waals surface area contributed by atoms with Gasteiger partial charge in [-0.1, -0.05) is 0 Å². The van der Waals surface area contributed by atoms with E-state index in [1.807, 2.05) is 29.6 Å². The van der Waals surface area contributed by atoms with Crippen LogP contribution in [0, 0.1) is 0 Å². The molecule has 100 valence electrons. The summed E-state index contributed by atoms with van der Waals surface area (Å²) in [4.78, 5) is 14.9. The predicted octanol–water partition coefficient (Wildman–Crippen LogP) is 3.32. The van der Waals surface area contributed by atoms with Gasteiger partial charge in [-0.3, -0.25) is 0 Å². The number of benzene rings is 1. The van der Waals surface area contributed by atoms with Crippen LogP contribution in [0.2, 0.25) is 0 Å².